The quantitative estimate of drug-likeness (QED) is 0.104. The van der Waals surface area contributed by atoms with Gasteiger partial charge in [0, 0.05) is 0 Å². The SMILES string of the molecule is CCC[CH2][Sn](/[CH]=C/c1ccc2c(c1)C(C)(C)c1cc(/C=[CH]/[Sn]([CH2]CCC)([CH2]CCC)[CH2]CCC)ccc1-2)([CH2]CCC)[CH2]CCC. The minimum atomic E-state index is -2.31. The van der Waals surface area contributed by atoms with Crippen LogP contribution in [0.25, 0.3) is 23.3 Å². The van der Waals surface area contributed by atoms with Crippen molar-refractivity contribution >= 4 is 48.9 Å². The second-order valence-electron chi connectivity index (χ2n) is 15.2. The summed E-state index contributed by atoms with van der Waals surface area (Å²) in [6, 6.07) is 14.8. The van der Waals surface area contributed by atoms with Gasteiger partial charge in [0.05, 0.1) is 0 Å². The van der Waals surface area contributed by atoms with Gasteiger partial charge in [-0.1, -0.05) is 0 Å². The first-order chi connectivity index (χ1) is 21.7. The Hall–Kier alpha value is -0.483. The van der Waals surface area contributed by atoms with Gasteiger partial charge in [-0.3, -0.25) is 0 Å². The minimum absolute atomic E-state index is 0.0400. The van der Waals surface area contributed by atoms with Crippen LogP contribution in [0.3, 0.4) is 0 Å². The monoisotopic (exact) mass is 826 g/mol. The van der Waals surface area contributed by atoms with E-state index in [9.17, 15) is 0 Å². The van der Waals surface area contributed by atoms with Gasteiger partial charge in [-0.05, 0) is 0 Å². The average molecular weight is 824 g/mol. The summed E-state index contributed by atoms with van der Waals surface area (Å²) in [6.45, 7) is 19.2. The maximum absolute atomic E-state index is 2.85. The summed E-state index contributed by atoms with van der Waals surface area (Å²) >= 11 is -4.62. The number of hydrogen-bond acceptors (Lipinski definition) is 0. The van der Waals surface area contributed by atoms with E-state index in [1.54, 1.807) is 26.6 Å². The molecule has 0 spiro atoms. The zero-order valence-corrected chi connectivity index (χ0v) is 36.7. The second-order valence-corrected chi connectivity index (χ2v) is 41.3. The molecular weight excluding hydrogens is 754 g/mol. The van der Waals surface area contributed by atoms with Crippen molar-refractivity contribution in [3.8, 4) is 11.1 Å². The molecule has 3 rings (SSSR count). The summed E-state index contributed by atoms with van der Waals surface area (Å²) in [4.78, 5) is 0. The number of benzene rings is 2. The van der Waals surface area contributed by atoms with Crippen LogP contribution >= 0.6 is 0 Å². The van der Waals surface area contributed by atoms with Crippen LogP contribution in [0.2, 0.25) is 26.6 Å². The maximum atomic E-state index is 2.85. The molecule has 0 N–H and O–H groups in total. The third kappa shape index (κ3) is 10.8. The van der Waals surface area contributed by atoms with Crippen LogP contribution in [-0.2, 0) is 5.41 Å². The summed E-state index contributed by atoms with van der Waals surface area (Å²) < 4.78 is 15.0. The van der Waals surface area contributed by atoms with Crippen LogP contribution in [0.1, 0.15) is 155 Å². The summed E-state index contributed by atoms with van der Waals surface area (Å²) in [6.07, 6.45) is 21.8. The van der Waals surface area contributed by atoms with E-state index in [0.29, 0.717) is 0 Å². The molecule has 0 bridgehead atoms. The Bertz CT molecular complexity index is 1080. The van der Waals surface area contributed by atoms with Gasteiger partial charge in [0.2, 0.25) is 0 Å². The number of fused-ring (bicyclic) bond motifs is 3. The molecule has 0 aliphatic heterocycles. The molecule has 0 fully saturated rings. The van der Waals surface area contributed by atoms with Crippen molar-refractivity contribution in [1.29, 1.82) is 0 Å². The standard InChI is InChI=1S/C19H16.6C4H9.2Sn/c1-5-13-7-9-15-16-10-8-14(6-2)12-18(16)19(3,4)17(15)11-13;6*1-3-4-2;;/h1-2,5-12H,3-4H3;6*1,3-4H2,2H3;;. The molecule has 2 aromatic carbocycles. The topological polar surface area (TPSA) is 0 Å². The van der Waals surface area contributed by atoms with Crippen LogP contribution in [0, 0.1) is 0 Å². The Morgan fingerprint density at radius 3 is 1.02 bits per heavy atom. The molecule has 45 heavy (non-hydrogen) atoms. The van der Waals surface area contributed by atoms with Gasteiger partial charge < -0.3 is 0 Å². The van der Waals surface area contributed by atoms with Crippen LogP contribution in [-0.4, -0.2) is 36.8 Å². The van der Waals surface area contributed by atoms with E-state index in [4.69, 9.17) is 0 Å². The normalized spacial score (nSPS) is 14.5. The molecule has 0 atom stereocenters. The van der Waals surface area contributed by atoms with E-state index in [0.717, 1.165) is 0 Å². The fourth-order valence-corrected chi connectivity index (χ4v) is 36.3. The van der Waals surface area contributed by atoms with Crippen LogP contribution in [0.5, 0.6) is 0 Å². The predicted molar refractivity (Wildman–Crippen MR) is 212 cm³/mol. The van der Waals surface area contributed by atoms with Gasteiger partial charge in [0.1, 0.15) is 0 Å². The Labute approximate surface area is 289 Å². The molecule has 250 valence electrons. The van der Waals surface area contributed by atoms with E-state index in [2.05, 4.69) is 112 Å². The first-order valence-electron chi connectivity index (χ1n) is 19.4. The number of hydrogen-bond donors (Lipinski definition) is 0. The van der Waals surface area contributed by atoms with Gasteiger partial charge in [0.25, 0.3) is 0 Å². The number of rotatable bonds is 22. The molecule has 0 heterocycles. The van der Waals surface area contributed by atoms with Gasteiger partial charge in [-0.15, -0.1) is 0 Å². The summed E-state index contributed by atoms with van der Waals surface area (Å²) in [5, 5.41) is 0. The molecule has 0 unspecified atom stereocenters. The average Bonchev–Trinajstić information content (AvgIpc) is 3.28. The van der Waals surface area contributed by atoms with E-state index in [-0.39, 0.29) is 5.41 Å². The van der Waals surface area contributed by atoms with E-state index < -0.39 is 36.8 Å². The van der Waals surface area contributed by atoms with Crippen LogP contribution in [0.4, 0.5) is 0 Å². The molecule has 0 saturated heterocycles. The zero-order valence-electron chi connectivity index (χ0n) is 31.0. The molecule has 0 saturated carbocycles. The Balaban J connectivity index is 1.93. The molecular formula is C43H70Sn2. The second kappa shape index (κ2) is 19.5. The number of unbranched alkanes of at least 4 members (excludes halogenated alkanes) is 6. The molecule has 0 aromatic heterocycles. The van der Waals surface area contributed by atoms with Gasteiger partial charge in [0.15, 0.2) is 0 Å². The first-order valence-corrected chi connectivity index (χ1v) is 34.8. The van der Waals surface area contributed by atoms with Crippen LogP contribution in [0.15, 0.2) is 44.6 Å². The summed E-state index contributed by atoms with van der Waals surface area (Å²) in [7, 11) is 0. The van der Waals surface area contributed by atoms with Crippen molar-refractivity contribution in [1.82, 2.24) is 0 Å². The fraction of sp³-hybridized carbons (Fsp3) is 0.628. The van der Waals surface area contributed by atoms with Crippen LogP contribution < -0.4 is 0 Å². The van der Waals surface area contributed by atoms with Gasteiger partial charge in [-0.25, -0.2) is 0 Å². The van der Waals surface area contributed by atoms with Gasteiger partial charge >= 0.3 is 291 Å². The van der Waals surface area contributed by atoms with E-state index in [1.807, 2.05) is 0 Å². The van der Waals surface area contributed by atoms with Crippen molar-refractivity contribution < 1.29 is 0 Å². The summed E-state index contributed by atoms with van der Waals surface area (Å²) in [5.74, 6) is 0. The first kappa shape index (κ1) is 39.0. The van der Waals surface area contributed by atoms with Crippen molar-refractivity contribution in [2.45, 2.75) is 164 Å². The van der Waals surface area contributed by atoms with Crippen molar-refractivity contribution in [3.63, 3.8) is 0 Å². The van der Waals surface area contributed by atoms with Crippen molar-refractivity contribution in [2.75, 3.05) is 0 Å². The Morgan fingerprint density at radius 2 is 0.756 bits per heavy atom. The van der Waals surface area contributed by atoms with Gasteiger partial charge in [-0.2, -0.15) is 0 Å². The molecule has 0 amide bonds. The molecule has 0 nitrogen and oxygen atoms in total. The van der Waals surface area contributed by atoms with Crippen molar-refractivity contribution in [3.05, 3.63) is 66.8 Å². The van der Waals surface area contributed by atoms with E-state index in [1.165, 1.54) is 110 Å². The molecule has 0 radical (unpaired) electrons. The molecule has 2 heteroatoms. The molecule has 1 aliphatic rings. The Kier molecular flexibility index (Phi) is 16.9. The third-order valence-corrected chi connectivity index (χ3v) is 39.2. The zero-order chi connectivity index (χ0) is 32.8. The Morgan fingerprint density at radius 1 is 0.467 bits per heavy atom. The fourth-order valence-electron chi connectivity index (χ4n) is 7.95. The third-order valence-electron chi connectivity index (χ3n) is 11.2. The molecule has 1 aliphatic carbocycles. The molecule has 2 aromatic rings. The summed E-state index contributed by atoms with van der Waals surface area (Å²) in [5.41, 5.74) is 8.88. The van der Waals surface area contributed by atoms with Crippen molar-refractivity contribution in [2.24, 2.45) is 0 Å². The van der Waals surface area contributed by atoms with E-state index >= 15 is 0 Å². The predicted octanol–water partition coefficient (Wildman–Crippen LogP) is 14.8.